The number of allylic oxidation sites excluding steroid dienone is 2. The Hall–Kier alpha value is -3.35. The lowest BCUT2D eigenvalue weighted by atomic mass is 10.1. The maximum Gasteiger partial charge on any atom is 0.240 e. The molecule has 0 aliphatic carbocycles. The molecule has 4 rings (SSSR count). The van der Waals surface area contributed by atoms with Gasteiger partial charge >= 0.3 is 0 Å². The summed E-state index contributed by atoms with van der Waals surface area (Å²) in [6.45, 7) is 0. The molecule has 3 aromatic heterocycles. The molecule has 3 aromatic rings. The molecule has 1 aliphatic rings. The Kier molecular flexibility index (Phi) is 2.97. The molecular formula is C16H15N7. The van der Waals surface area contributed by atoms with Crippen molar-refractivity contribution in [2.75, 3.05) is 23.4 Å². The lowest BCUT2D eigenvalue weighted by Gasteiger charge is -2.09. The number of aromatic nitrogens is 4. The van der Waals surface area contributed by atoms with E-state index in [9.17, 15) is 0 Å². The first-order valence-electron chi connectivity index (χ1n) is 7.20. The number of nitrogen functional groups attached to an aromatic ring is 1. The van der Waals surface area contributed by atoms with Gasteiger partial charge in [0.2, 0.25) is 5.95 Å². The normalized spacial score (nSPS) is 12.7. The van der Waals surface area contributed by atoms with E-state index >= 15 is 0 Å². The molecule has 4 heterocycles. The molecule has 23 heavy (non-hydrogen) atoms. The highest BCUT2D eigenvalue weighted by Crippen LogP contribution is 2.30. The maximum absolute atomic E-state index is 5.73. The Bertz CT molecular complexity index is 952. The van der Waals surface area contributed by atoms with Crippen molar-refractivity contribution in [3.8, 4) is 11.3 Å². The van der Waals surface area contributed by atoms with Crippen LogP contribution in [0, 0.1) is 0 Å². The van der Waals surface area contributed by atoms with Crippen molar-refractivity contribution < 1.29 is 0 Å². The van der Waals surface area contributed by atoms with E-state index in [0.29, 0.717) is 5.82 Å². The van der Waals surface area contributed by atoms with Gasteiger partial charge in [0.15, 0.2) is 5.82 Å². The molecule has 0 atom stereocenters. The van der Waals surface area contributed by atoms with Crippen molar-refractivity contribution in [3.05, 3.63) is 48.4 Å². The Morgan fingerprint density at radius 2 is 2.09 bits per heavy atom. The molecule has 7 heteroatoms. The second-order valence-electron chi connectivity index (χ2n) is 5.08. The van der Waals surface area contributed by atoms with Crippen LogP contribution in [0.2, 0.25) is 0 Å². The lowest BCUT2D eigenvalue weighted by Crippen LogP contribution is -2.05. The Morgan fingerprint density at radius 1 is 1.17 bits per heavy atom. The zero-order valence-corrected chi connectivity index (χ0v) is 12.5. The van der Waals surface area contributed by atoms with E-state index in [-0.39, 0.29) is 5.95 Å². The van der Waals surface area contributed by atoms with Gasteiger partial charge in [0, 0.05) is 25.0 Å². The maximum atomic E-state index is 5.73. The molecule has 0 amide bonds. The van der Waals surface area contributed by atoms with E-state index < -0.39 is 0 Å². The fraction of sp³-hybridized carbons (Fsp3) is 0.0625. The number of nitrogens with two attached hydrogens (primary N) is 1. The standard InChI is InChI=1S/C16H15N7/c1-18-15-14-10(7-9-23(14)22-16(17)21-15)11-5-6-12-13(20-11)4-2-3-8-19-12/h2-9,19H,1H3,(H3,17,18,21,22). The summed E-state index contributed by atoms with van der Waals surface area (Å²) in [5, 5.41) is 10.5. The van der Waals surface area contributed by atoms with E-state index in [1.807, 2.05) is 48.8 Å². The number of anilines is 3. The van der Waals surface area contributed by atoms with Gasteiger partial charge in [-0.15, -0.1) is 5.10 Å². The summed E-state index contributed by atoms with van der Waals surface area (Å²) in [7, 11) is 1.81. The highest BCUT2D eigenvalue weighted by molar-refractivity contribution is 5.88. The van der Waals surface area contributed by atoms with Gasteiger partial charge < -0.3 is 16.4 Å². The molecule has 0 saturated carbocycles. The van der Waals surface area contributed by atoms with Gasteiger partial charge in [-0.3, -0.25) is 0 Å². The molecule has 0 fully saturated rings. The van der Waals surface area contributed by atoms with Crippen molar-refractivity contribution in [2.45, 2.75) is 0 Å². The quantitative estimate of drug-likeness (QED) is 0.673. The first kappa shape index (κ1) is 13.3. The lowest BCUT2D eigenvalue weighted by molar-refractivity contribution is 0.919. The van der Waals surface area contributed by atoms with Gasteiger partial charge in [0.1, 0.15) is 5.52 Å². The second-order valence-corrected chi connectivity index (χ2v) is 5.08. The van der Waals surface area contributed by atoms with Crippen molar-refractivity contribution in [3.63, 3.8) is 0 Å². The summed E-state index contributed by atoms with van der Waals surface area (Å²) >= 11 is 0. The zero-order valence-electron chi connectivity index (χ0n) is 12.5. The monoisotopic (exact) mass is 305 g/mol. The number of hydrogen-bond donors (Lipinski definition) is 3. The smallest absolute Gasteiger partial charge is 0.240 e. The summed E-state index contributed by atoms with van der Waals surface area (Å²) in [5.41, 5.74) is 10.2. The predicted molar refractivity (Wildman–Crippen MR) is 92.0 cm³/mol. The SMILES string of the molecule is CNc1nc(N)nn2ccc(-c3ccc4c(n3)C=CC=CN4)c12. The van der Waals surface area contributed by atoms with Crippen molar-refractivity contribution in [1.29, 1.82) is 0 Å². The van der Waals surface area contributed by atoms with Crippen LogP contribution in [-0.2, 0) is 0 Å². The number of nitrogens with zero attached hydrogens (tertiary/aromatic N) is 4. The van der Waals surface area contributed by atoms with Crippen LogP contribution >= 0.6 is 0 Å². The highest BCUT2D eigenvalue weighted by Gasteiger charge is 2.14. The minimum atomic E-state index is 0.220. The Morgan fingerprint density at radius 3 is 2.96 bits per heavy atom. The minimum absolute atomic E-state index is 0.220. The first-order valence-corrected chi connectivity index (χ1v) is 7.20. The molecule has 0 unspecified atom stereocenters. The second kappa shape index (κ2) is 5.13. The topological polar surface area (TPSA) is 93.2 Å². The van der Waals surface area contributed by atoms with Crippen LogP contribution in [0.5, 0.6) is 0 Å². The third-order valence-electron chi connectivity index (χ3n) is 3.67. The van der Waals surface area contributed by atoms with Gasteiger partial charge in [-0.25, -0.2) is 9.50 Å². The van der Waals surface area contributed by atoms with Crippen LogP contribution in [-0.4, -0.2) is 26.6 Å². The molecule has 0 radical (unpaired) electrons. The van der Waals surface area contributed by atoms with Crippen molar-refractivity contribution in [2.24, 2.45) is 0 Å². The average molecular weight is 305 g/mol. The summed E-state index contributed by atoms with van der Waals surface area (Å²) in [6.07, 6.45) is 9.60. The van der Waals surface area contributed by atoms with Gasteiger partial charge in [-0.05, 0) is 30.4 Å². The van der Waals surface area contributed by atoms with Crippen LogP contribution in [0.3, 0.4) is 0 Å². The molecule has 0 bridgehead atoms. The Balaban J connectivity index is 1.92. The van der Waals surface area contributed by atoms with Crippen molar-refractivity contribution >= 4 is 29.0 Å². The van der Waals surface area contributed by atoms with Crippen LogP contribution < -0.4 is 16.4 Å². The number of hydrogen-bond acceptors (Lipinski definition) is 6. The van der Waals surface area contributed by atoms with Gasteiger partial charge in [0.05, 0.1) is 17.1 Å². The number of rotatable bonds is 2. The fourth-order valence-corrected chi connectivity index (χ4v) is 2.64. The van der Waals surface area contributed by atoms with E-state index in [0.717, 1.165) is 28.2 Å². The summed E-state index contributed by atoms with van der Waals surface area (Å²) in [4.78, 5) is 9.00. The summed E-state index contributed by atoms with van der Waals surface area (Å²) in [6, 6.07) is 5.95. The fourth-order valence-electron chi connectivity index (χ4n) is 2.64. The summed E-state index contributed by atoms with van der Waals surface area (Å²) in [5.74, 6) is 0.890. The van der Waals surface area contributed by atoms with Crippen LogP contribution in [0.1, 0.15) is 5.69 Å². The van der Waals surface area contributed by atoms with Gasteiger partial charge in [-0.2, -0.15) is 4.98 Å². The highest BCUT2D eigenvalue weighted by atomic mass is 15.3. The van der Waals surface area contributed by atoms with Crippen LogP contribution in [0.4, 0.5) is 17.5 Å². The third kappa shape index (κ3) is 2.18. The molecule has 4 N–H and O–H groups in total. The molecule has 1 aliphatic heterocycles. The molecular weight excluding hydrogens is 290 g/mol. The third-order valence-corrected chi connectivity index (χ3v) is 3.67. The molecule has 7 nitrogen and oxygen atoms in total. The van der Waals surface area contributed by atoms with Gasteiger partial charge in [-0.1, -0.05) is 6.08 Å². The average Bonchev–Trinajstić information content (AvgIpc) is 2.84. The zero-order chi connectivity index (χ0) is 15.8. The minimum Gasteiger partial charge on any atom is -0.371 e. The predicted octanol–water partition coefficient (Wildman–Crippen LogP) is 2.37. The van der Waals surface area contributed by atoms with E-state index in [1.54, 1.807) is 11.6 Å². The van der Waals surface area contributed by atoms with Crippen LogP contribution in [0.25, 0.3) is 22.9 Å². The largest absolute Gasteiger partial charge is 0.371 e. The van der Waals surface area contributed by atoms with E-state index in [1.165, 1.54) is 0 Å². The molecule has 114 valence electrons. The van der Waals surface area contributed by atoms with E-state index in [4.69, 9.17) is 10.7 Å². The van der Waals surface area contributed by atoms with Crippen LogP contribution in [0.15, 0.2) is 42.7 Å². The van der Waals surface area contributed by atoms with Gasteiger partial charge in [0.25, 0.3) is 0 Å². The molecule has 0 aromatic carbocycles. The molecule has 0 saturated heterocycles. The van der Waals surface area contributed by atoms with E-state index in [2.05, 4.69) is 20.7 Å². The van der Waals surface area contributed by atoms with Crippen molar-refractivity contribution in [1.82, 2.24) is 19.6 Å². The summed E-state index contributed by atoms with van der Waals surface area (Å²) < 4.78 is 1.71. The number of pyridine rings is 1. The number of fused-ring (bicyclic) bond motifs is 2. The Labute approximate surface area is 132 Å². The number of nitrogens with one attached hydrogen (secondary N) is 2. The first-order chi connectivity index (χ1) is 11.3. The molecule has 0 spiro atoms.